The number of carbonyl (C=O) groups is 1. The Morgan fingerprint density at radius 1 is 0.943 bits per heavy atom. The third-order valence-corrected chi connectivity index (χ3v) is 8.01. The Kier molecular flexibility index (Phi) is 5.40. The second-order valence-corrected chi connectivity index (χ2v) is 10.0. The van der Waals surface area contributed by atoms with Crippen LogP contribution in [0.5, 0.6) is 5.75 Å². The summed E-state index contributed by atoms with van der Waals surface area (Å²) >= 11 is 0. The standard InChI is InChI=1S/C31H31NO3/c1-19-14-24(34-3)15-20(2)30(19)21-16-22-12-13-23(17-21)32(22)31(33)35-18-29-27-10-6-4-8-25(27)26-9-5-7-11-28(26)29/h4-11,14-16,22-23,29H,12-13,17-18H2,1-3H3. The van der Waals surface area contributed by atoms with E-state index in [-0.39, 0.29) is 24.1 Å². The van der Waals surface area contributed by atoms with Crippen LogP contribution < -0.4 is 4.74 Å². The molecular formula is C31H31NO3. The van der Waals surface area contributed by atoms with Crippen LogP contribution in [0.3, 0.4) is 0 Å². The van der Waals surface area contributed by atoms with Gasteiger partial charge in [0.2, 0.25) is 0 Å². The Labute approximate surface area is 207 Å². The maximum atomic E-state index is 13.4. The molecule has 0 aromatic heterocycles. The molecule has 35 heavy (non-hydrogen) atoms. The first-order chi connectivity index (χ1) is 17.0. The predicted octanol–water partition coefficient (Wildman–Crippen LogP) is 6.88. The number of rotatable bonds is 4. The van der Waals surface area contributed by atoms with Crippen LogP contribution in [-0.4, -0.2) is 36.8 Å². The molecule has 0 N–H and O–H groups in total. The van der Waals surface area contributed by atoms with Crippen LogP contribution >= 0.6 is 0 Å². The highest BCUT2D eigenvalue weighted by Crippen LogP contribution is 2.45. The number of hydrogen-bond acceptors (Lipinski definition) is 3. The molecule has 0 radical (unpaired) electrons. The molecule has 4 heteroatoms. The zero-order valence-corrected chi connectivity index (χ0v) is 20.6. The van der Waals surface area contributed by atoms with Crippen molar-refractivity contribution in [2.45, 2.75) is 51.1 Å². The first-order valence-corrected chi connectivity index (χ1v) is 12.5. The summed E-state index contributed by atoms with van der Waals surface area (Å²) in [5.41, 5.74) is 10.1. The fourth-order valence-corrected chi connectivity index (χ4v) is 6.52. The van der Waals surface area contributed by atoms with Crippen LogP contribution in [0.4, 0.5) is 4.79 Å². The molecule has 178 valence electrons. The van der Waals surface area contributed by atoms with Gasteiger partial charge in [0.05, 0.1) is 13.2 Å². The minimum atomic E-state index is -0.183. The predicted molar refractivity (Wildman–Crippen MR) is 139 cm³/mol. The Hall–Kier alpha value is -3.53. The normalized spacial score (nSPS) is 20.3. The monoisotopic (exact) mass is 465 g/mol. The Bertz CT molecular complexity index is 1270. The zero-order chi connectivity index (χ0) is 24.1. The second-order valence-electron chi connectivity index (χ2n) is 10.0. The molecule has 3 aliphatic rings. The van der Waals surface area contributed by atoms with Gasteiger partial charge in [-0.25, -0.2) is 4.79 Å². The van der Waals surface area contributed by atoms with Crippen molar-refractivity contribution in [3.8, 4) is 16.9 Å². The van der Waals surface area contributed by atoms with E-state index in [9.17, 15) is 4.79 Å². The first kappa shape index (κ1) is 22.0. The van der Waals surface area contributed by atoms with Crippen LogP contribution in [0.15, 0.2) is 66.7 Å². The number of methoxy groups -OCH3 is 1. The number of ether oxygens (including phenoxy) is 2. The summed E-state index contributed by atoms with van der Waals surface area (Å²) in [5, 5.41) is 0. The molecule has 2 unspecified atom stereocenters. The van der Waals surface area contributed by atoms with Gasteiger partial charge in [-0.3, -0.25) is 4.90 Å². The quantitative estimate of drug-likeness (QED) is 0.421. The maximum Gasteiger partial charge on any atom is 0.410 e. The maximum absolute atomic E-state index is 13.4. The summed E-state index contributed by atoms with van der Waals surface area (Å²) in [7, 11) is 1.71. The van der Waals surface area contributed by atoms with Crippen molar-refractivity contribution in [3.05, 3.63) is 94.6 Å². The molecule has 0 saturated carbocycles. The highest BCUT2D eigenvalue weighted by Gasteiger charge is 2.41. The summed E-state index contributed by atoms with van der Waals surface area (Å²) in [6, 6.07) is 21.4. The van der Waals surface area contributed by atoms with E-state index in [1.807, 2.05) is 4.90 Å². The van der Waals surface area contributed by atoms with Crippen molar-refractivity contribution < 1.29 is 14.3 Å². The second kappa shape index (κ2) is 8.60. The van der Waals surface area contributed by atoms with E-state index in [2.05, 4.69) is 80.6 Å². The molecule has 1 aliphatic carbocycles. The minimum Gasteiger partial charge on any atom is -0.497 e. The van der Waals surface area contributed by atoms with Gasteiger partial charge in [0.15, 0.2) is 0 Å². The van der Waals surface area contributed by atoms with Gasteiger partial charge in [0.25, 0.3) is 0 Å². The van der Waals surface area contributed by atoms with Gasteiger partial charge < -0.3 is 9.47 Å². The smallest absolute Gasteiger partial charge is 0.410 e. The van der Waals surface area contributed by atoms with Crippen molar-refractivity contribution in [1.82, 2.24) is 4.90 Å². The van der Waals surface area contributed by atoms with Gasteiger partial charge in [-0.2, -0.15) is 0 Å². The van der Waals surface area contributed by atoms with E-state index in [1.165, 1.54) is 44.5 Å². The number of hydrogen-bond donors (Lipinski definition) is 0. The van der Waals surface area contributed by atoms with Gasteiger partial charge in [-0.15, -0.1) is 0 Å². The third kappa shape index (κ3) is 3.63. The third-order valence-electron chi connectivity index (χ3n) is 8.01. The molecule has 2 atom stereocenters. The van der Waals surface area contributed by atoms with Crippen LogP contribution in [0, 0.1) is 13.8 Å². The number of fused-ring (bicyclic) bond motifs is 5. The summed E-state index contributed by atoms with van der Waals surface area (Å²) in [4.78, 5) is 15.3. The average Bonchev–Trinajstić information content (AvgIpc) is 3.33. The fraction of sp³-hybridized carbons (Fsp3) is 0.323. The lowest BCUT2D eigenvalue weighted by atomic mass is 9.89. The molecule has 3 aromatic carbocycles. The van der Waals surface area contributed by atoms with Gasteiger partial charge in [0.1, 0.15) is 12.4 Å². The van der Waals surface area contributed by atoms with Crippen molar-refractivity contribution in [3.63, 3.8) is 0 Å². The SMILES string of the molecule is COc1cc(C)c(C2=CC3CCC(C2)N3C(=O)OCC2c3ccccc3-c3ccccc32)c(C)c1. The number of carbonyl (C=O) groups excluding carboxylic acids is 1. The Morgan fingerprint density at radius 3 is 2.17 bits per heavy atom. The van der Waals surface area contributed by atoms with Crippen molar-refractivity contribution in [2.75, 3.05) is 13.7 Å². The number of benzene rings is 3. The molecule has 1 fully saturated rings. The minimum absolute atomic E-state index is 0.0875. The van der Waals surface area contributed by atoms with Gasteiger partial charge >= 0.3 is 6.09 Å². The number of amides is 1. The molecule has 2 bridgehead atoms. The number of aryl methyl sites for hydroxylation is 2. The van der Waals surface area contributed by atoms with Crippen LogP contribution in [0.2, 0.25) is 0 Å². The fourth-order valence-electron chi connectivity index (χ4n) is 6.52. The largest absolute Gasteiger partial charge is 0.497 e. The topological polar surface area (TPSA) is 38.8 Å². The highest BCUT2D eigenvalue weighted by molar-refractivity contribution is 5.80. The van der Waals surface area contributed by atoms with Crippen molar-refractivity contribution in [2.24, 2.45) is 0 Å². The van der Waals surface area contributed by atoms with Crippen LogP contribution in [-0.2, 0) is 4.74 Å². The highest BCUT2D eigenvalue weighted by atomic mass is 16.6. The molecule has 1 amide bonds. The lowest BCUT2D eigenvalue weighted by molar-refractivity contribution is 0.0866. The van der Waals surface area contributed by atoms with E-state index in [0.29, 0.717) is 6.61 Å². The molecule has 2 heterocycles. The first-order valence-electron chi connectivity index (χ1n) is 12.5. The van der Waals surface area contributed by atoms with Crippen LogP contribution in [0.25, 0.3) is 16.7 Å². The van der Waals surface area contributed by atoms with E-state index in [4.69, 9.17) is 9.47 Å². The molecular weight excluding hydrogens is 434 g/mol. The van der Waals surface area contributed by atoms with Gasteiger partial charge in [0, 0.05) is 12.0 Å². The van der Waals surface area contributed by atoms with Crippen molar-refractivity contribution >= 4 is 11.7 Å². The molecule has 0 spiro atoms. The van der Waals surface area contributed by atoms with E-state index < -0.39 is 0 Å². The lowest BCUT2D eigenvalue weighted by Gasteiger charge is -2.34. The molecule has 2 aliphatic heterocycles. The zero-order valence-electron chi connectivity index (χ0n) is 20.6. The van der Waals surface area contributed by atoms with Crippen LogP contribution in [0.1, 0.15) is 53.0 Å². The van der Waals surface area contributed by atoms with Crippen molar-refractivity contribution in [1.29, 1.82) is 0 Å². The number of nitrogens with zero attached hydrogens (tertiary/aromatic N) is 1. The summed E-state index contributed by atoms with van der Waals surface area (Å²) in [5.74, 6) is 0.980. The summed E-state index contributed by atoms with van der Waals surface area (Å²) < 4.78 is 11.5. The van der Waals surface area contributed by atoms with E-state index >= 15 is 0 Å². The summed E-state index contributed by atoms with van der Waals surface area (Å²) in [6.45, 7) is 4.66. The lowest BCUT2D eigenvalue weighted by Crippen LogP contribution is -2.43. The summed E-state index contributed by atoms with van der Waals surface area (Å²) in [6.07, 6.45) is 5.00. The van der Waals surface area contributed by atoms with Gasteiger partial charge in [-0.1, -0.05) is 54.6 Å². The van der Waals surface area contributed by atoms with E-state index in [0.717, 1.165) is 25.0 Å². The van der Waals surface area contributed by atoms with E-state index in [1.54, 1.807) is 7.11 Å². The molecule has 4 nitrogen and oxygen atoms in total. The molecule has 1 saturated heterocycles. The average molecular weight is 466 g/mol. The Balaban J connectivity index is 1.21. The Morgan fingerprint density at radius 2 is 1.57 bits per heavy atom. The molecule has 3 aromatic rings. The van der Waals surface area contributed by atoms with Gasteiger partial charge in [-0.05, 0) is 89.8 Å². The molecule has 6 rings (SSSR count).